The lowest BCUT2D eigenvalue weighted by molar-refractivity contribution is -0.118. The van der Waals surface area contributed by atoms with E-state index in [-0.39, 0.29) is 11.7 Å². The van der Waals surface area contributed by atoms with Crippen molar-refractivity contribution in [2.24, 2.45) is 0 Å². The van der Waals surface area contributed by atoms with E-state index < -0.39 is 0 Å². The summed E-state index contributed by atoms with van der Waals surface area (Å²) in [6.07, 6.45) is 0.714. The van der Waals surface area contributed by atoms with Crippen LogP contribution in [0.15, 0.2) is 59.8 Å². The quantitative estimate of drug-likeness (QED) is 0.459. The molecule has 0 unspecified atom stereocenters. The first kappa shape index (κ1) is 23.1. The first-order valence-corrected chi connectivity index (χ1v) is 12.0. The van der Waals surface area contributed by atoms with Crippen molar-refractivity contribution in [1.82, 2.24) is 20.1 Å². The molecule has 0 radical (unpaired) electrons. The highest BCUT2D eigenvalue weighted by Gasteiger charge is 2.21. The van der Waals surface area contributed by atoms with Crippen LogP contribution in [0.3, 0.4) is 0 Å². The van der Waals surface area contributed by atoms with Crippen molar-refractivity contribution in [3.05, 3.63) is 65.7 Å². The number of nitrogens with one attached hydrogen (secondary N) is 1. The molecule has 2 heterocycles. The Balaban J connectivity index is 1.37. The third kappa shape index (κ3) is 6.27. The number of hydrogen-bond acceptors (Lipinski definition) is 7. The van der Waals surface area contributed by atoms with Crippen molar-refractivity contribution in [3.63, 3.8) is 0 Å². The van der Waals surface area contributed by atoms with Crippen LogP contribution in [0.5, 0.6) is 5.75 Å². The molecule has 4 rings (SSSR count). The number of thioether (sulfide) groups is 1. The number of aromatic nitrogens is 3. The summed E-state index contributed by atoms with van der Waals surface area (Å²) in [5.74, 6) is 1.91. The van der Waals surface area contributed by atoms with Gasteiger partial charge in [0.25, 0.3) is 0 Å². The van der Waals surface area contributed by atoms with Crippen LogP contribution >= 0.6 is 11.8 Å². The Hall–Kier alpha value is -3.04. The lowest BCUT2D eigenvalue weighted by atomic mass is 10.1. The van der Waals surface area contributed by atoms with Gasteiger partial charge in [-0.15, -0.1) is 10.2 Å². The fraction of sp³-hybridized carbons (Fsp3) is 0.375. The summed E-state index contributed by atoms with van der Waals surface area (Å²) in [6, 6.07) is 18.1. The minimum atomic E-state index is -0.0305. The molecule has 1 aliphatic rings. The average Bonchev–Trinajstić information content (AvgIpc) is 3.26. The number of ether oxygens (including phenoxy) is 2. The second kappa shape index (κ2) is 11.7. The van der Waals surface area contributed by atoms with Crippen molar-refractivity contribution in [3.8, 4) is 5.75 Å². The molecule has 0 saturated carbocycles. The molecule has 174 valence electrons. The molecule has 0 aliphatic carbocycles. The van der Waals surface area contributed by atoms with E-state index in [2.05, 4.69) is 37.1 Å². The van der Waals surface area contributed by atoms with E-state index in [0.29, 0.717) is 32.7 Å². The number of hydrogen-bond donors (Lipinski definition) is 1. The number of morpholine rings is 1. The zero-order valence-electron chi connectivity index (χ0n) is 18.8. The molecule has 1 N–H and O–H groups in total. The van der Waals surface area contributed by atoms with Crippen LogP contribution in [0, 0.1) is 0 Å². The third-order valence-corrected chi connectivity index (χ3v) is 6.38. The molecule has 33 heavy (non-hydrogen) atoms. The van der Waals surface area contributed by atoms with Crippen LogP contribution in [0.1, 0.15) is 11.1 Å². The van der Waals surface area contributed by atoms with Gasteiger partial charge in [-0.3, -0.25) is 9.36 Å². The Morgan fingerprint density at radius 3 is 2.64 bits per heavy atom. The lowest BCUT2D eigenvalue weighted by Crippen LogP contribution is -2.38. The first-order chi connectivity index (χ1) is 16.2. The smallest absolute Gasteiger partial charge is 0.230 e. The predicted octanol–water partition coefficient (Wildman–Crippen LogP) is 2.62. The lowest BCUT2D eigenvalue weighted by Gasteiger charge is -2.28. The molecule has 8 nitrogen and oxygen atoms in total. The summed E-state index contributed by atoms with van der Waals surface area (Å²) < 4.78 is 13.0. The Labute approximate surface area is 198 Å². The first-order valence-electron chi connectivity index (χ1n) is 11.1. The van der Waals surface area contributed by atoms with E-state index in [9.17, 15) is 4.79 Å². The molecule has 0 atom stereocenters. The number of anilines is 1. The zero-order chi connectivity index (χ0) is 22.9. The van der Waals surface area contributed by atoms with Crippen molar-refractivity contribution >= 4 is 23.6 Å². The molecule has 1 fully saturated rings. The van der Waals surface area contributed by atoms with Crippen molar-refractivity contribution in [1.29, 1.82) is 0 Å². The minimum Gasteiger partial charge on any atom is -0.496 e. The molecule has 1 aliphatic heterocycles. The number of benzene rings is 2. The Kier molecular flexibility index (Phi) is 8.21. The maximum Gasteiger partial charge on any atom is 0.230 e. The standard InChI is InChI=1S/C24H29N5O3S/c1-31-21-10-6-5-9-20(21)11-12-25-22(30)18-33-24-27-26-23(28-13-15-32-16-14-28)29(24)17-19-7-3-2-4-8-19/h2-10H,11-18H2,1H3,(H,25,30). The van der Waals surface area contributed by atoms with Gasteiger partial charge >= 0.3 is 0 Å². The molecule has 3 aromatic rings. The fourth-order valence-electron chi connectivity index (χ4n) is 3.72. The number of methoxy groups -OCH3 is 1. The maximum absolute atomic E-state index is 12.5. The molecule has 2 aromatic carbocycles. The molecule has 9 heteroatoms. The highest BCUT2D eigenvalue weighted by atomic mass is 32.2. The van der Waals surface area contributed by atoms with Gasteiger partial charge in [-0.05, 0) is 23.6 Å². The van der Waals surface area contributed by atoms with Crippen LogP contribution < -0.4 is 15.0 Å². The summed E-state index contributed by atoms with van der Waals surface area (Å²) in [5, 5.41) is 12.6. The number of carbonyl (C=O) groups excluding carboxylic acids is 1. The number of amides is 1. The maximum atomic E-state index is 12.5. The van der Waals surface area contributed by atoms with Gasteiger partial charge in [0.05, 0.1) is 32.6 Å². The van der Waals surface area contributed by atoms with Crippen molar-refractivity contribution in [2.45, 2.75) is 18.1 Å². The van der Waals surface area contributed by atoms with E-state index >= 15 is 0 Å². The monoisotopic (exact) mass is 467 g/mol. The van der Waals surface area contributed by atoms with Gasteiger partial charge in [0.1, 0.15) is 5.75 Å². The summed E-state index contributed by atoms with van der Waals surface area (Å²) in [5.41, 5.74) is 2.24. The highest BCUT2D eigenvalue weighted by Crippen LogP contribution is 2.24. The molecule has 1 amide bonds. The molecule has 0 spiro atoms. The number of rotatable bonds is 10. The Morgan fingerprint density at radius 2 is 1.85 bits per heavy atom. The summed E-state index contributed by atoms with van der Waals surface area (Å²) in [4.78, 5) is 14.7. The number of nitrogens with zero attached hydrogens (tertiary/aromatic N) is 4. The van der Waals surface area contributed by atoms with E-state index in [1.54, 1.807) is 7.11 Å². The van der Waals surface area contributed by atoms with E-state index in [4.69, 9.17) is 9.47 Å². The van der Waals surface area contributed by atoms with E-state index in [0.717, 1.165) is 41.1 Å². The summed E-state index contributed by atoms with van der Waals surface area (Å²) in [6.45, 7) is 4.11. The molecule has 0 bridgehead atoms. The third-order valence-electron chi connectivity index (χ3n) is 5.42. The van der Waals surface area contributed by atoms with Gasteiger partial charge in [-0.2, -0.15) is 0 Å². The Bertz CT molecular complexity index is 1040. The number of para-hydroxylation sites is 1. The van der Waals surface area contributed by atoms with E-state index in [1.165, 1.54) is 11.8 Å². The van der Waals surface area contributed by atoms with Crippen LogP contribution in [-0.4, -0.2) is 66.4 Å². The summed E-state index contributed by atoms with van der Waals surface area (Å²) >= 11 is 1.41. The van der Waals surface area contributed by atoms with Crippen LogP contribution in [0.4, 0.5) is 5.95 Å². The minimum absolute atomic E-state index is 0.0305. The van der Waals surface area contributed by atoms with Gasteiger partial charge in [0.15, 0.2) is 5.16 Å². The largest absolute Gasteiger partial charge is 0.496 e. The molecule has 1 aromatic heterocycles. The van der Waals surface area contributed by atoms with Crippen molar-refractivity contribution in [2.75, 3.05) is 50.6 Å². The second-order valence-corrected chi connectivity index (χ2v) is 8.60. The molecular weight excluding hydrogens is 438 g/mol. The van der Waals surface area contributed by atoms with Gasteiger partial charge in [-0.1, -0.05) is 60.3 Å². The molecular formula is C24H29N5O3S. The topological polar surface area (TPSA) is 81.5 Å². The normalized spacial score (nSPS) is 13.7. The SMILES string of the molecule is COc1ccccc1CCNC(=O)CSc1nnc(N2CCOCC2)n1Cc1ccccc1. The average molecular weight is 468 g/mol. The predicted molar refractivity (Wildman–Crippen MR) is 129 cm³/mol. The van der Waals surface area contributed by atoms with Crippen molar-refractivity contribution < 1.29 is 14.3 Å². The molecule has 1 saturated heterocycles. The van der Waals surface area contributed by atoms with Gasteiger partial charge in [0, 0.05) is 19.6 Å². The number of carbonyl (C=O) groups is 1. The highest BCUT2D eigenvalue weighted by molar-refractivity contribution is 7.99. The summed E-state index contributed by atoms with van der Waals surface area (Å²) in [7, 11) is 1.66. The Morgan fingerprint density at radius 1 is 1.09 bits per heavy atom. The van der Waals surface area contributed by atoms with Crippen LogP contribution in [-0.2, 0) is 22.5 Å². The second-order valence-electron chi connectivity index (χ2n) is 7.65. The van der Waals surface area contributed by atoms with E-state index in [1.807, 2.05) is 42.5 Å². The van der Waals surface area contributed by atoms with Crippen LogP contribution in [0.25, 0.3) is 0 Å². The van der Waals surface area contributed by atoms with Gasteiger partial charge in [0.2, 0.25) is 11.9 Å². The zero-order valence-corrected chi connectivity index (χ0v) is 19.6. The fourth-order valence-corrected chi connectivity index (χ4v) is 4.48. The van der Waals surface area contributed by atoms with Gasteiger partial charge in [-0.25, -0.2) is 0 Å². The van der Waals surface area contributed by atoms with Gasteiger partial charge < -0.3 is 19.7 Å². The van der Waals surface area contributed by atoms with Crippen LogP contribution in [0.2, 0.25) is 0 Å².